The number of carboxylic acid groups (broad SMARTS) is 1. The van der Waals surface area contributed by atoms with Crippen LogP contribution in [0.25, 0.3) is 0 Å². The van der Waals surface area contributed by atoms with Crippen LogP contribution in [-0.4, -0.2) is 22.8 Å². The van der Waals surface area contributed by atoms with Crippen molar-refractivity contribution in [2.75, 3.05) is 4.90 Å². The fourth-order valence-electron chi connectivity index (χ4n) is 2.42. The SMILES string of the molecule is Cc1cccc2c1N(Cc1cc(C(=O)O)co1)C(=O)C2=O. The molecule has 3 rings (SSSR count). The highest BCUT2D eigenvalue weighted by atomic mass is 16.4. The van der Waals surface area contributed by atoms with Crippen LogP contribution in [0.5, 0.6) is 0 Å². The van der Waals surface area contributed by atoms with Crippen LogP contribution in [0.4, 0.5) is 5.69 Å². The molecular weight excluding hydrogens is 274 g/mol. The highest BCUT2D eigenvalue weighted by Gasteiger charge is 2.37. The van der Waals surface area contributed by atoms with Crippen LogP contribution in [0.2, 0.25) is 0 Å². The lowest BCUT2D eigenvalue weighted by molar-refractivity contribution is -0.114. The summed E-state index contributed by atoms with van der Waals surface area (Å²) in [4.78, 5) is 36.2. The Balaban J connectivity index is 1.98. The quantitative estimate of drug-likeness (QED) is 0.871. The minimum atomic E-state index is -1.11. The average Bonchev–Trinajstić information content (AvgIpc) is 3.00. The number of ketones is 1. The number of rotatable bonds is 3. The van der Waals surface area contributed by atoms with Crippen LogP contribution in [0.3, 0.4) is 0 Å². The summed E-state index contributed by atoms with van der Waals surface area (Å²) in [5, 5.41) is 8.86. The van der Waals surface area contributed by atoms with E-state index in [9.17, 15) is 14.4 Å². The fraction of sp³-hybridized carbons (Fsp3) is 0.133. The molecule has 0 unspecified atom stereocenters. The number of Topliss-reactive ketones (excluding diaryl/α,β-unsaturated/α-hetero) is 1. The van der Waals surface area contributed by atoms with Crippen molar-refractivity contribution in [3.05, 3.63) is 53.0 Å². The number of carbonyl (C=O) groups is 3. The zero-order valence-electron chi connectivity index (χ0n) is 11.1. The highest BCUT2D eigenvalue weighted by Crippen LogP contribution is 2.33. The lowest BCUT2D eigenvalue weighted by Gasteiger charge is -2.16. The van der Waals surface area contributed by atoms with Crippen LogP contribution >= 0.6 is 0 Å². The molecule has 1 aliphatic rings. The average molecular weight is 285 g/mol. The predicted octanol–water partition coefficient (Wildman–Crippen LogP) is 2.02. The molecule has 6 nitrogen and oxygen atoms in total. The Morgan fingerprint density at radius 2 is 2.10 bits per heavy atom. The topological polar surface area (TPSA) is 87.8 Å². The number of anilines is 1. The molecule has 1 amide bonds. The first-order valence-electron chi connectivity index (χ1n) is 6.25. The summed E-state index contributed by atoms with van der Waals surface area (Å²) >= 11 is 0. The van der Waals surface area contributed by atoms with E-state index in [2.05, 4.69) is 0 Å². The monoisotopic (exact) mass is 285 g/mol. The minimum absolute atomic E-state index is 0.00739. The van der Waals surface area contributed by atoms with Crippen LogP contribution in [0, 0.1) is 6.92 Å². The summed E-state index contributed by atoms with van der Waals surface area (Å²) in [5.41, 5.74) is 1.73. The molecule has 0 bridgehead atoms. The normalized spacial score (nSPS) is 13.7. The number of para-hydroxylation sites is 1. The molecule has 21 heavy (non-hydrogen) atoms. The van der Waals surface area contributed by atoms with Crippen LogP contribution in [0.15, 0.2) is 34.9 Å². The lowest BCUT2D eigenvalue weighted by Crippen LogP contribution is -2.29. The van der Waals surface area contributed by atoms with Gasteiger partial charge in [-0.15, -0.1) is 0 Å². The van der Waals surface area contributed by atoms with Crippen molar-refractivity contribution >= 4 is 23.3 Å². The summed E-state index contributed by atoms with van der Waals surface area (Å²) < 4.78 is 5.14. The number of carbonyl (C=O) groups excluding carboxylic acids is 2. The van der Waals surface area contributed by atoms with Crippen molar-refractivity contribution in [3.63, 3.8) is 0 Å². The largest absolute Gasteiger partial charge is 0.478 e. The van der Waals surface area contributed by atoms with Crippen molar-refractivity contribution in [3.8, 4) is 0 Å². The number of aromatic carboxylic acids is 1. The van der Waals surface area contributed by atoms with E-state index in [1.165, 1.54) is 11.0 Å². The molecule has 0 spiro atoms. The number of carboxylic acids is 1. The van der Waals surface area contributed by atoms with E-state index in [1.54, 1.807) is 12.1 Å². The molecule has 1 aromatic heterocycles. The second-order valence-corrected chi connectivity index (χ2v) is 4.80. The number of hydrogen-bond acceptors (Lipinski definition) is 4. The van der Waals surface area contributed by atoms with Gasteiger partial charge >= 0.3 is 5.97 Å². The molecule has 106 valence electrons. The lowest BCUT2D eigenvalue weighted by atomic mass is 10.1. The maximum Gasteiger partial charge on any atom is 0.338 e. The van der Waals surface area contributed by atoms with Gasteiger partial charge in [0.2, 0.25) is 0 Å². The Bertz CT molecular complexity index is 774. The van der Waals surface area contributed by atoms with E-state index in [1.807, 2.05) is 13.0 Å². The molecule has 0 saturated carbocycles. The molecule has 0 aliphatic carbocycles. The van der Waals surface area contributed by atoms with Crippen molar-refractivity contribution in [2.45, 2.75) is 13.5 Å². The Labute approximate surface area is 119 Å². The predicted molar refractivity (Wildman–Crippen MR) is 72.4 cm³/mol. The molecule has 0 atom stereocenters. The van der Waals surface area contributed by atoms with Crippen molar-refractivity contribution < 1.29 is 23.9 Å². The van der Waals surface area contributed by atoms with Gasteiger partial charge in [-0.05, 0) is 24.6 Å². The fourth-order valence-corrected chi connectivity index (χ4v) is 2.42. The van der Waals surface area contributed by atoms with Crippen LogP contribution in [0.1, 0.15) is 32.0 Å². The third-order valence-electron chi connectivity index (χ3n) is 3.41. The number of hydrogen-bond donors (Lipinski definition) is 1. The van der Waals surface area contributed by atoms with Gasteiger partial charge in [0.1, 0.15) is 12.0 Å². The minimum Gasteiger partial charge on any atom is -0.478 e. The molecule has 2 heterocycles. The van der Waals surface area contributed by atoms with Crippen molar-refractivity contribution in [2.24, 2.45) is 0 Å². The summed E-state index contributed by atoms with van der Waals surface area (Å²) in [6, 6.07) is 6.48. The molecule has 0 saturated heterocycles. The van der Waals surface area contributed by atoms with Gasteiger partial charge in [0.15, 0.2) is 0 Å². The Kier molecular flexibility index (Phi) is 2.86. The van der Waals surface area contributed by atoms with Gasteiger partial charge in [-0.25, -0.2) is 4.79 Å². The first-order valence-corrected chi connectivity index (χ1v) is 6.25. The van der Waals surface area contributed by atoms with E-state index in [0.717, 1.165) is 11.8 Å². The molecular formula is C15H11NO5. The second kappa shape index (κ2) is 4.59. The van der Waals surface area contributed by atoms with E-state index in [-0.39, 0.29) is 12.1 Å². The first-order chi connectivity index (χ1) is 9.99. The number of benzene rings is 1. The standard InChI is InChI=1S/C15H11NO5/c1-8-3-2-4-11-12(8)16(14(18)13(11)17)6-10-5-9(7-21-10)15(19)20/h2-5,7H,6H2,1H3,(H,19,20). The molecule has 1 N–H and O–H groups in total. The zero-order valence-corrected chi connectivity index (χ0v) is 11.1. The molecule has 6 heteroatoms. The first kappa shape index (κ1) is 13.1. The maximum absolute atomic E-state index is 12.1. The van der Waals surface area contributed by atoms with E-state index in [4.69, 9.17) is 9.52 Å². The number of nitrogens with zero attached hydrogens (tertiary/aromatic N) is 1. The molecule has 2 aromatic rings. The van der Waals surface area contributed by atoms with Crippen LogP contribution < -0.4 is 4.90 Å². The number of aryl methyl sites for hydroxylation is 1. The van der Waals surface area contributed by atoms with Gasteiger partial charge in [-0.2, -0.15) is 0 Å². The van der Waals surface area contributed by atoms with Gasteiger partial charge in [-0.1, -0.05) is 12.1 Å². The number of amides is 1. The van der Waals surface area contributed by atoms with E-state index < -0.39 is 17.7 Å². The van der Waals surface area contributed by atoms with Crippen molar-refractivity contribution in [1.29, 1.82) is 0 Å². The third kappa shape index (κ3) is 2.01. The maximum atomic E-state index is 12.1. The summed E-state index contributed by atoms with van der Waals surface area (Å²) in [6.07, 6.45) is 1.11. The van der Waals surface area contributed by atoms with Crippen LogP contribution in [-0.2, 0) is 11.3 Å². The van der Waals surface area contributed by atoms with Gasteiger partial charge in [0, 0.05) is 0 Å². The summed E-state index contributed by atoms with van der Waals surface area (Å²) in [7, 11) is 0. The number of furan rings is 1. The highest BCUT2D eigenvalue weighted by molar-refractivity contribution is 6.52. The van der Waals surface area contributed by atoms with E-state index >= 15 is 0 Å². The van der Waals surface area contributed by atoms with Gasteiger partial charge in [-0.3, -0.25) is 14.5 Å². The second-order valence-electron chi connectivity index (χ2n) is 4.80. The Morgan fingerprint density at radius 1 is 1.33 bits per heavy atom. The third-order valence-corrected chi connectivity index (χ3v) is 3.41. The number of fused-ring (bicyclic) bond motifs is 1. The molecule has 1 aliphatic heterocycles. The van der Waals surface area contributed by atoms with Crippen molar-refractivity contribution in [1.82, 2.24) is 0 Å². The molecule has 0 fully saturated rings. The Hall–Kier alpha value is -2.89. The van der Waals surface area contributed by atoms with Gasteiger partial charge in [0.25, 0.3) is 11.7 Å². The molecule has 1 aromatic carbocycles. The Morgan fingerprint density at radius 3 is 2.76 bits per heavy atom. The summed E-state index contributed by atoms with van der Waals surface area (Å²) in [5.74, 6) is -1.98. The smallest absolute Gasteiger partial charge is 0.338 e. The zero-order chi connectivity index (χ0) is 15.1. The summed E-state index contributed by atoms with van der Waals surface area (Å²) in [6.45, 7) is 1.83. The van der Waals surface area contributed by atoms with Gasteiger partial charge in [0.05, 0.1) is 23.4 Å². The molecule has 0 radical (unpaired) electrons. The van der Waals surface area contributed by atoms with Gasteiger partial charge < -0.3 is 9.52 Å². The van der Waals surface area contributed by atoms with E-state index in [0.29, 0.717) is 17.0 Å².